The summed E-state index contributed by atoms with van der Waals surface area (Å²) in [5, 5.41) is 6.26. The number of nitrogens with one attached hydrogen (secondary N) is 2. The van der Waals surface area contributed by atoms with Crippen molar-refractivity contribution in [3.8, 4) is 0 Å². The van der Waals surface area contributed by atoms with E-state index in [9.17, 15) is 9.59 Å². The van der Waals surface area contributed by atoms with E-state index in [0.29, 0.717) is 17.8 Å². The molecule has 0 aromatic heterocycles. The first-order chi connectivity index (χ1) is 13.5. The second-order valence-electron chi connectivity index (χ2n) is 6.60. The van der Waals surface area contributed by atoms with Gasteiger partial charge in [-0.15, -0.1) is 0 Å². The number of amides is 2. The first kappa shape index (κ1) is 19.5. The third kappa shape index (κ3) is 4.01. The van der Waals surface area contributed by atoms with Crippen molar-refractivity contribution in [2.24, 2.45) is 0 Å². The van der Waals surface area contributed by atoms with Crippen molar-refractivity contribution in [1.82, 2.24) is 10.2 Å². The van der Waals surface area contributed by atoms with Crippen LogP contribution in [0.4, 0.5) is 10.5 Å². The van der Waals surface area contributed by atoms with Gasteiger partial charge in [-0.2, -0.15) is 0 Å². The van der Waals surface area contributed by atoms with Crippen LogP contribution in [-0.2, 0) is 9.53 Å². The van der Waals surface area contributed by atoms with Crippen LogP contribution in [-0.4, -0.2) is 37.1 Å². The fourth-order valence-corrected chi connectivity index (χ4v) is 3.27. The average Bonchev–Trinajstić information content (AvgIpc) is 2.70. The number of carbonyl (C=O) groups is 2. The lowest BCUT2D eigenvalue weighted by Crippen LogP contribution is -2.48. The molecule has 0 bridgehead atoms. The zero-order valence-electron chi connectivity index (χ0n) is 16.4. The molecule has 0 aliphatic carbocycles. The highest BCUT2D eigenvalue weighted by Gasteiger charge is 2.36. The Morgan fingerprint density at radius 3 is 2.50 bits per heavy atom. The number of nitrogens with zero attached hydrogens (tertiary/aromatic N) is 1. The number of ether oxygens (including phenoxy) is 1. The molecule has 1 atom stereocenters. The van der Waals surface area contributed by atoms with E-state index in [2.05, 4.69) is 10.6 Å². The predicted molar refractivity (Wildman–Crippen MR) is 109 cm³/mol. The van der Waals surface area contributed by atoms with Crippen molar-refractivity contribution >= 4 is 17.7 Å². The summed E-state index contributed by atoms with van der Waals surface area (Å²) >= 11 is 0. The summed E-state index contributed by atoms with van der Waals surface area (Å²) < 4.78 is 5.32. The summed E-state index contributed by atoms with van der Waals surface area (Å²) in [7, 11) is 1.66. The van der Waals surface area contributed by atoms with Gasteiger partial charge in [-0.25, -0.2) is 9.59 Å². The Bertz CT molecular complexity index is 893. The smallest absolute Gasteiger partial charge is 0.338 e. The molecule has 0 fully saturated rings. The van der Waals surface area contributed by atoms with Gasteiger partial charge >= 0.3 is 12.0 Å². The van der Waals surface area contributed by atoms with Crippen molar-refractivity contribution < 1.29 is 14.3 Å². The number of likely N-dealkylation sites (N-methyl/N-ethyl adjacent to an activating group) is 1. The van der Waals surface area contributed by atoms with Crippen LogP contribution in [0.5, 0.6) is 0 Å². The standard InChI is InChI=1S/C22H25N3O3/c1-4-28-21(26)19-18(14-23-17-13-9-8-10-15(17)2)25(3)22(27)24-20(19)16-11-6-5-7-12-16/h5-13,20,23H,4,14H2,1-3H3,(H,24,27). The molecule has 0 spiro atoms. The van der Waals surface area contributed by atoms with Crippen molar-refractivity contribution in [2.75, 3.05) is 25.5 Å². The maximum Gasteiger partial charge on any atom is 0.338 e. The molecule has 6 heteroatoms. The quantitative estimate of drug-likeness (QED) is 0.752. The van der Waals surface area contributed by atoms with Crippen LogP contribution in [0.2, 0.25) is 0 Å². The maximum atomic E-state index is 12.8. The molecule has 146 valence electrons. The molecule has 6 nitrogen and oxygen atoms in total. The normalized spacial score (nSPS) is 16.6. The van der Waals surface area contributed by atoms with E-state index in [-0.39, 0.29) is 12.6 Å². The summed E-state index contributed by atoms with van der Waals surface area (Å²) in [6, 6.07) is 16.5. The average molecular weight is 379 g/mol. The maximum absolute atomic E-state index is 12.8. The molecule has 1 aliphatic rings. The number of benzene rings is 2. The topological polar surface area (TPSA) is 70.7 Å². The first-order valence-corrected chi connectivity index (χ1v) is 9.31. The van der Waals surface area contributed by atoms with Crippen molar-refractivity contribution in [3.63, 3.8) is 0 Å². The molecule has 0 saturated heterocycles. The number of urea groups is 1. The second-order valence-corrected chi connectivity index (χ2v) is 6.60. The van der Waals surface area contributed by atoms with Crippen molar-refractivity contribution in [1.29, 1.82) is 0 Å². The van der Waals surface area contributed by atoms with Crippen LogP contribution < -0.4 is 10.6 Å². The zero-order chi connectivity index (χ0) is 20.1. The lowest BCUT2D eigenvalue weighted by atomic mass is 9.94. The minimum atomic E-state index is -0.558. The van der Waals surface area contributed by atoms with Gasteiger partial charge in [0.25, 0.3) is 0 Å². The fraction of sp³-hybridized carbons (Fsp3) is 0.273. The van der Waals surface area contributed by atoms with Gasteiger partial charge in [0.05, 0.1) is 30.5 Å². The third-order valence-electron chi connectivity index (χ3n) is 4.80. The molecule has 3 rings (SSSR count). The molecule has 2 aromatic rings. The SMILES string of the molecule is CCOC(=O)C1=C(CNc2ccccc2C)N(C)C(=O)NC1c1ccccc1. The Hall–Kier alpha value is -3.28. The Morgan fingerprint density at radius 1 is 1.14 bits per heavy atom. The zero-order valence-corrected chi connectivity index (χ0v) is 16.4. The molecule has 2 N–H and O–H groups in total. The molecule has 0 saturated carbocycles. The van der Waals surface area contributed by atoms with Crippen molar-refractivity contribution in [2.45, 2.75) is 19.9 Å². The molecular weight excluding hydrogens is 354 g/mol. The summed E-state index contributed by atoms with van der Waals surface area (Å²) in [6.07, 6.45) is 0. The summed E-state index contributed by atoms with van der Waals surface area (Å²) in [4.78, 5) is 26.9. The monoisotopic (exact) mass is 379 g/mol. The molecule has 0 radical (unpaired) electrons. The molecule has 28 heavy (non-hydrogen) atoms. The van der Waals surface area contributed by atoms with E-state index < -0.39 is 12.0 Å². The molecule has 2 amide bonds. The highest BCUT2D eigenvalue weighted by atomic mass is 16.5. The van der Waals surface area contributed by atoms with Crippen molar-refractivity contribution in [3.05, 3.63) is 77.0 Å². The molecule has 1 aliphatic heterocycles. The van der Waals surface area contributed by atoms with E-state index in [4.69, 9.17) is 4.74 Å². The van der Waals surface area contributed by atoms with Gasteiger partial charge < -0.3 is 15.4 Å². The summed E-state index contributed by atoms with van der Waals surface area (Å²) in [5.41, 5.74) is 3.91. The molecular formula is C22H25N3O3. The van der Waals surface area contributed by atoms with Gasteiger partial charge in [-0.1, -0.05) is 48.5 Å². The largest absolute Gasteiger partial charge is 0.463 e. The fourth-order valence-electron chi connectivity index (χ4n) is 3.27. The van der Waals surface area contributed by atoms with Crippen LogP contribution in [0.15, 0.2) is 65.9 Å². The number of para-hydroxylation sites is 1. The minimum Gasteiger partial charge on any atom is -0.463 e. The number of hydrogen-bond donors (Lipinski definition) is 2. The number of aryl methyl sites for hydroxylation is 1. The van der Waals surface area contributed by atoms with Gasteiger partial charge in [0.1, 0.15) is 0 Å². The number of esters is 1. The highest BCUT2D eigenvalue weighted by molar-refractivity contribution is 5.95. The van der Waals surface area contributed by atoms with Gasteiger partial charge in [-0.3, -0.25) is 4.90 Å². The number of hydrogen-bond acceptors (Lipinski definition) is 4. The Morgan fingerprint density at radius 2 is 1.82 bits per heavy atom. The third-order valence-corrected chi connectivity index (χ3v) is 4.80. The minimum absolute atomic E-state index is 0.261. The molecule has 1 heterocycles. The number of anilines is 1. The van der Waals surface area contributed by atoms with Gasteiger partial charge in [0.2, 0.25) is 0 Å². The van der Waals surface area contributed by atoms with E-state index in [0.717, 1.165) is 16.8 Å². The predicted octanol–water partition coefficient (Wildman–Crippen LogP) is 3.62. The molecule has 1 unspecified atom stereocenters. The van der Waals surface area contributed by atoms with E-state index in [1.54, 1.807) is 14.0 Å². The Labute approximate surface area is 165 Å². The van der Waals surface area contributed by atoms with Gasteiger partial charge in [-0.05, 0) is 31.0 Å². The van der Waals surface area contributed by atoms with E-state index >= 15 is 0 Å². The van der Waals surface area contributed by atoms with E-state index in [1.165, 1.54) is 4.90 Å². The number of rotatable bonds is 6. The Kier molecular flexibility index (Phi) is 5.99. The summed E-state index contributed by atoms with van der Waals surface area (Å²) in [6.45, 7) is 4.37. The van der Waals surface area contributed by atoms with Crippen LogP contribution >= 0.6 is 0 Å². The van der Waals surface area contributed by atoms with Crippen LogP contribution in [0.3, 0.4) is 0 Å². The summed E-state index contributed by atoms with van der Waals surface area (Å²) in [5.74, 6) is -0.426. The van der Waals surface area contributed by atoms with E-state index in [1.807, 2.05) is 61.5 Å². The van der Waals surface area contributed by atoms with Crippen LogP contribution in [0, 0.1) is 6.92 Å². The van der Waals surface area contributed by atoms with Crippen LogP contribution in [0.1, 0.15) is 24.1 Å². The molecule has 2 aromatic carbocycles. The lowest BCUT2D eigenvalue weighted by Gasteiger charge is -2.35. The highest BCUT2D eigenvalue weighted by Crippen LogP contribution is 2.31. The number of carbonyl (C=O) groups excluding carboxylic acids is 2. The second kappa shape index (κ2) is 8.61. The van der Waals surface area contributed by atoms with Gasteiger partial charge in [0.15, 0.2) is 0 Å². The first-order valence-electron chi connectivity index (χ1n) is 9.31. The van der Waals surface area contributed by atoms with Crippen LogP contribution in [0.25, 0.3) is 0 Å². The Balaban J connectivity index is 2.03. The lowest BCUT2D eigenvalue weighted by molar-refractivity contribution is -0.139. The van der Waals surface area contributed by atoms with Gasteiger partial charge in [0, 0.05) is 12.7 Å².